The molecule has 15 heavy (non-hydrogen) atoms. The minimum absolute atomic E-state index is 0.0170. The molecule has 0 spiro atoms. The van der Waals surface area contributed by atoms with Gasteiger partial charge in [-0.05, 0) is 35.0 Å². The molecule has 84 valence electrons. The lowest BCUT2D eigenvalue weighted by Gasteiger charge is -2.11. The zero-order valence-corrected chi connectivity index (χ0v) is 11.2. The number of rotatable bonds is 5. The number of carbonyl (C=O) groups excluding carboxylic acids is 1. The van der Waals surface area contributed by atoms with E-state index in [0.717, 1.165) is 10.3 Å². The number of carbonyl (C=O) groups is 1. The zero-order chi connectivity index (χ0) is 11.3. The molecule has 1 amide bonds. The van der Waals surface area contributed by atoms with Crippen molar-refractivity contribution >= 4 is 33.2 Å². The van der Waals surface area contributed by atoms with Gasteiger partial charge in [-0.2, -0.15) is 0 Å². The lowest BCUT2D eigenvalue weighted by molar-refractivity contribution is -0.118. The number of hydrogen-bond donors (Lipinski definition) is 2. The molecule has 0 radical (unpaired) electrons. The lowest BCUT2D eigenvalue weighted by atomic mass is 10.3. The van der Waals surface area contributed by atoms with Crippen LogP contribution in [0.25, 0.3) is 0 Å². The molecule has 5 heteroatoms. The highest BCUT2D eigenvalue weighted by Crippen LogP contribution is 2.26. The maximum absolute atomic E-state index is 10.6. The van der Waals surface area contributed by atoms with E-state index in [1.54, 1.807) is 11.3 Å². The summed E-state index contributed by atoms with van der Waals surface area (Å²) in [7, 11) is 0. The summed E-state index contributed by atoms with van der Waals surface area (Å²) in [5, 5.41) is 6.09. The third-order valence-electron chi connectivity index (χ3n) is 1.97. The average Bonchev–Trinajstić information content (AvgIpc) is 2.59. The number of thiophene rings is 1. The second-order valence-electron chi connectivity index (χ2n) is 3.30. The van der Waals surface area contributed by atoms with E-state index in [0.29, 0.717) is 12.6 Å². The summed E-state index contributed by atoms with van der Waals surface area (Å²) < 4.78 is 1.15. The Balaban J connectivity index is 2.24. The topological polar surface area (TPSA) is 41.1 Å². The molecule has 3 nitrogen and oxygen atoms in total. The van der Waals surface area contributed by atoms with Gasteiger partial charge in [0.15, 0.2) is 0 Å². The predicted molar refractivity (Wildman–Crippen MR) is 67.1 cm³/mol. The first-order valence-electron chi connectivity index (χ1n) is 4.82. The van der Waals surface area contributed by atoms with Gasteiger partial charge in [0.05, 0.1) is 3.79 Å². The van der Waals surface area contributed by atoms with Gasteiger partial charge in [-0.15, -0.1) is 11.3 Å². The van der Waals surface area contributed by atoms with Crippen molar-refractivity contribution in [2.24, 2.45) is 0 Å². The summed E-state index contributed by atoms with van der Waals surface area (Å²) in [6.45, 7) is 5.11. The Morgan fingerprint density at radius 1 is 1.53 bits per heavy atom. The normalized spacial score (nSPS) is 12.5. The molecule has 2 N–H and O–H groups in total. The van der Waals surface area contributed by atoms with Crippen LogP contribution in [0.4, 0.5) is 0 Å². The van der Waals surface area contributed by atoms with E-state index in [1.165, 1.54) is 11.8 Å². The molecule has 0 aliphatic carbocycles. The first kappa shape index (κ1) is 12.7. The summed E-state index contributed by atoms with van der Waals surface area (Å²) in [6.07, 6.45) is 0. The molecule has 1 heterocycles. The van der Waals surface area contributed by atoms with E-state index in [4.69, 9.17) is 0 Å². The van der Waals surface area contributed by atoms with E-state index in [2.05, 4.69) is 39.6 Å². The number of amides is 1. The van der Waals surface area contributed by atoms with Crippen molar-refractivity contribution in [2.75, 3.05) is 13.1 Å². The third-order valence-corrected chi connectivity index (χ3v) is 3.78. The van der Waals surface area contributed by atoms with Crippen LogP contribution in [0.2, 0.25) is 0 Å². The molecule has 0 fully saturated rings. The fourth-order valence-electron chi connectivity index (χ4n) is 1.19. The number of nitrogens with one attached hydrogen (secondary N) is 2. The van der Waals surface area contributed by atoms with Crippen molar-refractivity contribution in [2.45, 2.75) is 19.9 Å². The molecule has 1 rings (SSSR count). The predicted octanol–water partition coefficient (Wildman–Crippen LogP) is 2.30. The molecule has 0 aliphatic heterocycles. The summed E-state index contributed by atoms with van der Waals surface area (Å²) in [6, 6.07) is 4.48. The van der Waals surface area contributed by atoms with Gasteiger partial charge >= 0.3 is 0 Å². The van der Waals surface area contributed by atoms with Crippen LogP contribution in [0.3, 0.4) is 0 Å². The quantitative estimate of drug-likeness (QED) is 0.817. The van der Waals surface area contributed by atoms with Crippen molar-refractivity contribution < 1.29 is 4.79 Å². The molecule has 1 aromatic rings. The maximum atomic E-state index is 10.6. The number of halogens is 1. The third kappa shape index (κ3) is 4.77. The highest BCUT2D eigenvalue weighted by atomic mass is 79.9. The minimum Gasteiger partial charge on any atom is -0.355 e. The van der Waals surface area contributed by atoms with Crippen LogP contribution >= 0.6 is 27.3 Å². The van der Waals surface area contributed by atoms with Crippen LogP contribution in [0, 0.1) is 0 Å². The maximum Gasteiger partial charge on any atom is 0.216 e. The fourth-order valence-corrected chi connectivity index (χ4v) is 2.64. The van der Waals surface area contributed by atoms with Crippen LogP contribution in [0.15, 0.2) is 15.9 Å². The van der Waals surface area contributed by atoms with Crippen LogP contribution in [0.1, 0.15) is 24.8 Å². The van der Waals surface area contributed by atoms with Crippen LogP contribution in [-0.2, 0) is 4.79 Å². The van der Waals surface area contributed by atoms with E-state index in [-0.39, 0.29) is 5.91 Å². The van der Waals surface area contributed by atoms with Crippen molar-refractivity contribution in [3.05, 3.63) is 20.8 Å². The van der Waals surface area contributed by atoms with Crippen molar-refractivity contribution in [1.82, 2.24) is 10.6 Å². The van der Waals surface area contributed by atoms with Crippen molar-refractivity contribution in [1.29, 1.82) is 0 Å². The van der Waals surface area contributed by atoms with E-state index in [1.807, 2.05) is 6.07 Å². The van der Waals surface area contributed by atoms with Gasteiger partial charge in [0.1, 0.15) is 0 Å². The average molecular weight is 291 g/mol. The van der Waals surface area contributed by atoms with Crippen molar-refractivity contribution in [3.8, 4) is 0 Å². The van der Waals surface area contributed by atoms with Crippen LogP contribution in [0.5, 0.6) is 0 Å². The highest BCUT2D eigenvalue weighted by Gasteiger charge is 2.06. The van der Waals surface area contributed by atoms with E-state index < -0.39 is 0 Å². The van der Waals surface area contributed by atoms with Crippen molar-refractivity contribution in [3.63, 3.8) is 0 Å². The Kier molecular flexibility index (Phi) is 5.28. The Hall–Kier alpha value is -0.390. The molecule has 0 saturated carbocycles. The largest absolute Gasteiger partial charge is 0.355 e. The second-order valence-corrected chi connectivity index (χ2v) is 5.80. The Morgan fingerprint density at radius 3 is 2.80 bits per heavy atom. The minimum atomic E-state index is 0.0170. The molecule has 1 atom stereocenters. The fraction of sp³-hybridized carbons (Fsp3) is 0.500. The van der Waals surface area contributed by atoms with Gasteiger partial charge in [0.25, 0.3) is 0 Å². The lowest BCUT2D eigenvalue weighted by Crippen LogP contribution is -2.31. The van der Waals surface area contributed by atoms with Gasteiger partial charge in [0, 0.05) is 30.9 Å². The molecule has 1 unspecified atom stereocenters. The van der Waals surface area contributed by atoms with Gasteiger partial charge in [-0.3, -0.25) is 4.79 Å². The molecular formula is C10H15BrN2OS. The van der Waals surface area contributed by atoms with Gasteiger partial charge in [-0.25, -0.2) is 0 Å². The summed E-state index contributed by atoms with van der Waals surface area (Å²) in [4.78, 5) is 11.9. The van der Waals surface area contributed by atoms with E-state index >= 15 is 0 Å². The summed E-state index contributed by atoms with van der Waals surface area (Å²) >= 11 is 5.16. The smallest absolute Gasteiger partial charge is 0.216 e. The van der Waals surface area contributed by atoms with Gasteiger partial charge in [0.2, 0.25) is 5.91 Å². The molecule has 0 saturated heterocycles. The van der Waals surface area contributed by atoms with Crippen LogP contribution < -0.4 is 10.6 Å². The van der Waals surface area contributed by atoms with Gasteiger partial charge in [-0.1, -0.05) is 0 Å². The standard InChI is InChI=1S/C10H15BrN2OS/c1-7(9-3-4-10(11)15-9)12-5-6-13-8(2)14/h3-4,7,12H,5-6H2,1-2H3,(H,13,14). The Morgan fingerprint density at radius 2 is 2.27 bits per heavy atom. The molecule has 0 aromatic carbocycles. The Bertz CT molecular complexity index is 327. The summed E-state index contributed by atoms with van der Waals surface area (Å²) in [5.74, 6) is 0.0170. The number of hydrogen-bond acceptors (Lipinski definition) is 3. The molecule has 0 aliphatic rings. The second kappa shape index (κ2) is 6.25. The van der Waals surface area contributed by atoms with Crippen LogP contribution in [-0.4, -0.2) is 19.0 Å². The summed E-state index contributed by atoms with van der Waals surface area (Å²) in [5.41, 5.74) is 0. The SMILES string of the molecule is CC(=O)NCCNC(C)c1ccc(Br)s1. The first-order valence-corrected chi connectivity index (χ1v) is 6.43. The van der Waals surface area contributed by atoms with E-state index in [9.17, 15) is 4.79 Å². The Labute approximate surface area is 102 Å². The monoisotopic (exact) mass is 290 g/mol. The molecule has 1 aromatic heterocycles. The first-order chi connectivity index (χ1) is 7.09. The zero-order valence-electron chi connectivity index (χ0n) is 8.84. The molecular weight excluding hydrogens is 276 g/mol. The van der Waals surface area contributed by atoms with Gasteiger partial charge < -0.3 is 10.6 Å². The highest BCUT2D eigenvalue weighted by molar-refractivity contribution is 9.11. The molecule has 0 bridgehead atoms.